The van der Waals surface area contributed by atoms with Crippen LogP contribution < -0.4 is 0 Å². The first kappa shape index (κ1) is 18.8. The maximum atomic E-state index is 12.7. The average Bonchev–Trinajstić information content (AvgIpc) is 3.35. The SMILES string of the molecule is O=S(=O)(c1ccc(Br)s1)N1CCN(Cc2ccc(-n3cccn3)cc2)CC1. The van der Waals surface area contributed by atoms with E-state index >= 15 is 0 Å². The summed E-state index contributed by atoms with van der Waals surface area (Å²) in [6.07, 6.45) is 3.68. The van der Waals surface area contributed by atoms with Crippen molar-refractivity contribution in [3.63, 3.8) is 0 Å². The maximum absolute atomic E-state index is 12.7. The van der Waals surface area contributed by atoms with Crippen LogP contribution >= 0.6 is 27.3 Å². The Morgan fingerprint density at radius 1 is 1.04 bits per heavy atom. The summed E-state index contributed by atoms with van der Waals surface area (Å²) in [5.41, 5.74) is 2.24. The fourth-order valence-electron chi connectivity index (χ4n) is 3.13. The van der Waals surface area contributed by atoms with Crippen molar-refractivity contribution in [2.24, 2.45) is 0 Å². The number of thiophene rings is 1. The molecule has 0 aliphatic carbocycles. The van der Waals surface area contributed by atoms with Crippen LogP contribution in [-0.2, 0) is 16.6 Å². The summed E-state index contributed by atoms with van der Waals surface area (Å²) in [6, 6.07) is 13.6. The molecule has 0 spiro atoms. The van der Waals surface area contributed by atoms with Crippen molar-refractivity contribution >= 4 is 37.3 Å². The molecule has 0 amide bonds. The first-order chi connectivity index (χ1) is 13.0. The van der Waals surface area contributed by atoms with Gasteiger partial charge in [-0.25, -0.2) is 13.1 Å². The van der Waals surface area contributed by atoms with E-state index in [0.29, 0.717) is 17.3 Å². The zero-order valence-corrected chi connectivity index (χ0v) is 17.8. The number of benzene rings is 1. The second kappa shape index (κ2) is 7.84. The maximum Gasteiger partial charge on any atom is 0.252 e. The van der Waals surface area contributed by atoms with Crippen LogP contribution in [0.5, 0.6) is 0 Å². The molecule has 0 unspecified atom stereocenters. The quantitative estimate of drug-likeness (QED) is 0.579. The summed E-state index contributed by atoms with van der Waals surface area (Å²) in [5.74, 6) is 0. The molecular formula is C18H19BrN4O2S2. The van der Waals surface area contributed by atoms with Crippen molar-refractivity contribution in [3.8, 4) is 5.69 Å². The van der Waals surface area contributed by atoms with Crippen molar-refractivity contribution in [2.45, 2.75) is 10.8 Å². The Balaban J connectivity index is 1.35. The highest BCUT2D eigenvalue weighted by Crippen LogP contribution is 2.29. The standard InChI is InChI=1S/C18H19BrN4O2S2/c19-17-6-7-18(26-17)27(24,25)22-12-10-21(11-13-22)14-15-2-4-16(5-3-15)23-9-1-8-20-23/h1-9H,10-14H2. The Morgan fingerprint density at radius 2 is 1.78 bits per heavy atom. The molecule has 1 fully saturated rings. The van der Waals surface area contributed by atoms with Gasteiger partial charge >= 0.3 is 0 Å². The number of rotatable bonds is 5. The number of hydrogen-bond donors (Lipinski definition) is 0. The first-order valence-electron chi connectivity index (χ1n) is 8.59. The average molecular weight is 467 g/mol. The molecule has 142 valence electrons. The lowest BCUT2D eigenvalue weighted by atomic mass is 10.2. The molecule has 0 saturated carbocycles. The Bertz CT molecular complexity index is 992. The monoisotopic (exact) mass is 466 g/mol. The summed E-state index contributed by atoms with van der Waals surface area (Å²) in [4.78, 5) is 2.29. The molecular weight excluding hydrogens is 448 g/mol. The summed E-state index contributed by atoms with van der Waals surface area (Å²) >= 11 is 4.59. The summed E-state index contributed by atoms with van der Waals surface area (Å²) < 4.78 is 30.1. The Kier molecular flexibility index (Phi) is 5.47. The highest BCUT2D eigenvalue weighted by molar-refractivity contribution is 9.11. The van der Waals surface area contributed by atoms with Gasteiger partial charge in [-0.1, -0.05) is 12.1 Å². The molecule has 9 heteroatoms. The third-order valence-electron chi connectivity index (χ3n) is 4.59. The van der Waals surface area contributed by atoms with Crippen molar-refractivity contribution in [3.05, 3.63) is 64.2 Å². The van der Waals surface area contributed by atoms with Crippen LogP contribution in [0.4, 0.5) is 0 Å². The number of aromatic nitrogens is 2. The van der Waals surface area contributed by atoms with Gasteiger partial charge < -0.3 is 0 Å². The Labute approximate surface area is 171 Å². The number of sulfonamides is 1. The van der Waals surface area contributed by atoms with Gasteiger partial charge in [0.25, 0.3) is 10.0 Å². The third kappa shape index (κ3) is 4.17. The van der Waals surface area contributed by atoms with E-state index in [1.54, 1.807) is 22.6 Å². The van der Waals surface area contributed by atoms with Crippen LogP contribution in [0, 0.1) is 0 Å². The van der Waals surface area contributed by atoms with E-state index in [1.165, 1.54) is 16.9 Å². The van der Waals surface area contributed by atoms with Gasteiger partial charge in [-0.15, -0.1) is 11.3 Å². The first-order valence-corrected chi connectivity index (χ1v) is 11.6. The highest BCUT2D eigenvalue weighted by atomic mass is 79.9. The van der Waals surface area contributed by atoms with Gasteiger partial charge in [-0.05, 0) is 51.8 Å². The molecule has 2 aromatic heterocycles. The van der Waals surface area contributed by atoms with E-state index in [0.717, 1.165) is 29.1 Å². The molecule has 0 atom stereocenters. The van der Waals surface area contributed by atoms with Gasteiger partial charge in [0.05, 0.1) is 9.47 Å². The summed E-state index contributed by atoms with van der Waals surface area (Å²) in [7, 11) is -3.38. The molecule has 1 saturated heterocycles. The van der Waals surface area contributed by atoms with Crippen molar-refractivity contribution in [2.75, 3.05) is 26.2 Å². The predicted molar refractivity (Wildman–Crippen MR) is 110 cm³/mol. The lowest BCUT2D eigenvalue weighted by Gasteiger charge is -2.33. The van der Waals surface area contributed by atoms with Crippen molar-refractivity contribution in [1.82, 2.24) is 19.0 Å². The molecule has 0 N–H and O–H groups in total. The fourth-order valence-corrected chi connectivity index (χ4v) is 6.71. The number of nitrogens with zero attached hydrogens (tertiary/aromatic N) is 4. The van der Waals surface area contributed by atoms with Gasteiger partial charge in [0.15, 0.2) is 0 Å². The zero-order chi connectivity index (χ0) is 18.9. The van der Waals surface area contributed by atoms with Gasteiger partial charge in [-0.3, -0.25) is 4.90 Å². The number of hydrogen-bond acceptors (Lipinski definition) is 5. The zero-order valence-electron chi connectivity index (χ0n) is 14.5. The largest absolute Gasteiger partial charge is 0.296 e. The van der Waals surface area contributed by atoms with Crippen LogP contribution in [-0.4, -0.2) is 53.6 Å². The van der Waals surface area contributed by atoms with E-state index in [2.05, 4.69) is 50.2 Å². The predicted octanol–water partition coefficient (Wildman–Crippen LogP) is 3.20. The van der Waals surface area contributed by atoms with E-state index in [4.69, 9.17) is 0 Å². The minimum absolute atomic E-state index is 0.400. The van der Waals surface area contributed by atoms with Crippen LogP contribution in [0.3, 0.4) is 0 Å². The van der Waals surface area contributed by atoms with E-state index in [1.807, 2.05) is 16.9 Å². The minimum atomic E-state index is -3.38. The third-order valence-corrected chi connectivity index (χ3v) is 8.58. The van der Waals surface area contributed by atoms with E-state index in [-0.39, 0.29) is 0 Å². The normalized spacial score (nSPS) is 16.6. The van der Waals surface area contributed by atoms with Gasteiger partial charge in [0.1, 0.15) is 4.21 Å². The molecule has 1 aliphatic heterocycles. The second-order valence-electron chi connectivity index (χ2n) is 6.36. The molecule has 1 aliphatic rings. The highest BCUT2D eigenvalue weighted by Gasteiger charge is 2.29. The van der Waals surface area contributed by atoms with Gasteiger partial charge in [0, 0.05) is 45.1 Å². The lowest BCUT2D eigenvalue weighted by molar-refractivity contribution is 0.182. The Hall–Kier alpha value is -1.52. The van der Waals surface area contributed by atoms with Crippen LogP contribution in [0.15, 0.2) is 62.9 Å². The second-order valence-corrected chi connectivity index (χ2v) is 11.0. The fraction of sp³-hybridized carbons (Fsp3) is 0.278. The summed E-state index contributed by atoms with van der Waals surface area (Å²) in [5, 5.41) is 4.23. The topological polar surface area (TPSA) is 58.4 Å². The molecule has 3 aromatic rings. The van der Waals surface area contributed by atoms with Crippen LogP contribution in [0.2, 0.25) is 0 Å². The molecule has 1 aromatic carbocycles. The molecule has 27 heavy (non-hydrogen) atoms. The van der Waals surface area contributed by atoms with Gasteiger partial charge in [0.2, 0.25) is 0 Å². The number of halogens is 1. The lowest BCUT2D eigenvalue weighted by Crippen LogP contribution is -2.48. The van der Waals surface area contributed by atoms with Crippen LogP contribution in [0.1, 0.15) is 5.56 Å². The van der Waals surface area contributed by atoms with E-state index in [9.17, 15) is 8.42 Å². The van der Waals surface area contributed by atoms with E-state index < -0.39 is 10.0 Å². The molecule has 4 rings (SSSR count). The van der Waals surface area contributed by atoms with Crippen LogP contribution in [0.25, 0.3) is 5.69 Å². The molecule has 3 heterocycles. The number of piperazine rings is 1. The van der Waals surface area contributed by atoms with Crippen molar-refractivity contribution < 1.29 is 8.42 Å². The summed E-state index contributed by atoms with van der Waals surface area (Å²) in [6.45, 7) is 3.31. The molecule has 6 nitrogen and oxygen atoms in total. The van der Waals surface area contributed by atoms with Crippen molar-refractivity contribution in [1.29, 1.82) is 0 Å². The Morgan fingerprint density at radius 3 is 2.37 bits per heavy atom. The smallest absolute Gasteiger partial charge is 0.252 e. The minimum Gasteiger partial charge on any atom is -0.296 e. The molecule has 0 radical (unpaired) electrons. The van der Waals surface area contributed by atoms with Gasteiger partial charge in [-0.2, -0.15) is 9.40 Å². The molecule has 0 bridgehead atoms.